The third-order valence-corrected chi connectivity index (χ3v) is 7.13. The molecule has 9 heteroatoms. The van der Waals surface area contributed by atoms with Crippen LogP contribution < -0.4 is 5.32 Å². The van der Waals surface area contributed by atoms with Crippen molar-refractivity contribution in [2.24, 2.45) is 11.8 Å². The molecule has 3 heterocycles. The number of rotatable bonds is 6. The van der Waals surface area contributed by atoms with Gasteiger partial charge in [0.2, 0.25) is 5.91 Å². The molecule has 2 aliphatic rings. The summed E-state index contributed by atoms with van der Waals surface area (Å²) >= 11 is 7.28. The van der Waals surface area contributed by atoms with E-state index in [1.807, 2.05) is 6.92 Å². The smallest absolute Gasteiger partial charge is 0.342 e. The number of nitrogens with one attached hydrogen (secondary N) is 1. The number of carbonyl (C=O) groups excluding carboxylic acids is 2. The van der Waals surface area contributed by atoms with Crippen LogP contribution in [0.1, 0.15) is 41.9 Å². The number of aliphatic carboxylic acids is 1. The zero-order valence-electron chi connectivity index (χ0n) is 17.9. The fourth-order valence-corrected chi connectivity index (χ4v) is 5.78. The fraction of sp³-hybridized carbons (Fsp3) is 0.435. The molecular formula is C23H24ClNO6S. The van der Waals surface area contributed by atoms with Crippen molar-refractivity contribution >= 4 is 45.8 Å². The van der Waals surface area contributed by atoms with E-state index in [0.717, 1.165) is 10.4 Å². The Morgan fingerprint density at radius 2 is 1.78 bits per heavy atom. The molecule has 170 valence electrons. The number of ether oxygens (including phenoxy) is 2. The number of hydrogen-bond donors (Lipinski definition) is 2. The number of aryl methyl sites for hydroxylation is 1. The molecule has 2 saturated heterocycles. The molecule has 2 N–H and O–H groups in total. The van der Waals surface area contributed by atoms with E-state index in [9.17, 15) is 19.5 Å². The Balaban J connectivity index is 1.71. The highest BCUT2D eigenvalue weighted by atomic mass is 35.5. The van der Waals surface area contributed by atoms with Crippen LogP contribution in [0.3, 0.4) is 0 Å². The molecule has 0 spiro atoms. The van der Waals surface area contributed by atoms with Crippen LogP contribution in [0.2, 0.25) is 5.02 Å². The van der Waals surface area contributed by atoms with E-state index in [0.29, 0.717) is 28.4 Å². The second-order valence-corrected chi connectivity index (χ2v) is 10.0. The molecule has 0 unspecified atom stereocenters. The maximum Gasteiger partial charge on any atom is 0.342 e. The summed E-state index contributed by atoms with van der Waals surface area (Å²) in [6.45, 7) is 5.36. The normalized spacial score (nSPS) is 24.0. The number of carboxylic acids is 1. The van der Waals surface area contributed by atoms with E-state index in [1.165, 1.54) is 11.3 Å². The first-order valence-electron chi connectivity index (χ1n) is 10.5. The van der Waals surface area contributed by atoms with Crippen molar-refractivity contribution in [2.45, 2.75) is 51.9 Å². The van der Waals surface area contributed by atoms with Gasteiger partial charge in [0.1, 0.15) is 10.6 Å². The maximum absolute atomic E-state index is 13.2. The zero-order chi connectivity index (χ0) is 23.2. The van der Waals surface area contributed by atoms with Crippen molar-refractivity contribution in [2.75, 3.05) is 5.32 Å². The van der Waals surface area contributed by atoms with Crippen LogP contribution in [0.15, 0.2) is 24.3 Å². The number of carboxylic acid groups (broad SMARTS) is 1. The topological polar surface area (TPSA) is 102 Å². The number of anilines is 1. The highest BCUT2D eigenvalue weighted by Gasteiger charge is 2.55. The second-order valence-electron chi connectivity index (χ2n) is 8.37. The lowest BCUT2D eigenvalue weighted by Crippen LogP contribution is -2.41. The Morgan fingerprint density at radius 1 is 1.16 bits per heavy atom. The Bertz CT molecular complexity index is 1060. The van der Waals surface area contributed by atoms with Crippen molar-refractivity contribution in [1.82, 2.24) is 0 Å². The molecule has 2 aromatic rings. The monoisotopic (exact) mass is 477 g/mol. The van der Waals surface area contributed by atoms with Gasteiger partial charge in [-0.3, -0.25) is 9.59 Å². The van der Waals surface area contributed by atoms with E-state index in [4.69, 9.17) is 21.1 Å². The van der Waals surface area contributed by atoms with E-state index >= 15 is 0 Å². The zero-order valence-corrected chi connectivity index (χ0v) is 19.5. The summed E-state index contributed by atoms with van der Waals surface area (Å²) < 4.78 is 11.2. The van der Waals surface area contributed by atoms with Gasteiger partial charge in [0.15, 0.2) is 0 Å². The average molecular weight is 478 g/mol. The van der Waals surface area contributed by atoms with Crippen LogP contribution in [-0.4, -0.2) is 41.3 Å². The number of benzene rings is 1. The SMILES string of the molecule is Cc1sc(NC(=O)[C@@H]2[C@@H](C(=O)O)[C@@H]3CC[C@H]2O3)c(C(=O)OC(C)C)c1-c1ccc(Cl)cc1. The summed E-state index contributed by atoms with van der Waals surface area (Å²) in [6.07, 6.45) is 0.0572. The minimum atomic E-state index is -1.04. The lowest BCUT2D eigenvalue weighted by molar-refractivity contribution is -0.147. The van der Waals surface area contributed by atoms with Gasteiger partial charge in [-0.1, -0.05) is 23.7 Å². The lowest BCUT2D eigenvalue weighted by atomic mass is 9.78. The van der Waals surface area contributed by atoms with Crippen LogP contribution in [0.25, 0.3) is 11.1 Å². The molecule has 0 radical (unpaired) electrons. The van der Waals surface area contributed by atoms with Crippen LogP contribution >= 0.6 is 22.9 Å². The van der Waals surface area contributed by atoms with Gasteiger partial charge in [-0.15, -0.1) is 11.3 Å². The summed E-state index contributed by atoms with van der Waals surface area (Å²) in [5, 5.41) is 13.4. The third-order valence-electron chi connectivity index (χ3n) is 5.86. The van der Waals surface area contributed by atoms with Gasteiger partial charge in [-0.05, 0) is 51.3 Å². The van der Waals surface area contributed by atoms with Gasteiger partial charge in [-0.25, -0.2) is 4.79 Å². The molecule has 2 fully saturated rings. The first kappa shape index (κ1) is 22.8. The van der Waals surface area contributed by atoms with Crippen molar-refractivity contribution in [3.63, 3.8) is 0 Å². The van der Waals surface area contributed by atoms with Crippen LogP contribution in [0.4, 0.5) is 5.00 Å². The van der Waals surface area contributed by atoms with E-state index < -0.39 is 41.9 Å². The molecule has 32 heavy (non-hydrogen) atoms. The minimum absolute atomic E-state index is 0.257. The van der Waals surface area contributed by atoms with Crippen molar-refractivity contribution in [1.29, 1.82) is 0 Å². The van der Waals surface area contributed by atoms with E-state index in [2.05, 4.69) is 5.32 Å². The Kier molecular flexibility index (Phi) is 6.29. The van der Waals surface area contributed by atoms with Gasteiger partial charge in [0.05, 0.1) is 30.1 Å². The third kappa shape index (κ3) is 4.14. The second kappa shape index (κ2) is 8.84. The first-order valence-corrected chi connectivity index (χ1v) is 11.7. The minimum Gasteiger partial charge on any atom is -0.481 e. The molecule has 2 bridgehead atoms. The van der Waals surface area contributed by atoms with Gasteiger partial charge in [0.25, 0.3) is 0 Å². The number of amides is 1. The molecule has 0 saturated carbocycles. The number of halogens is 1. The van der Waals surface area contributed by atoms with Gasteiger partial charge in [0, 0.05) is 15.5 Å². The van der Waals surface area contributed by atoms with E-state index in [-0.39, 0.29) is 11.7 Å². The Hall–Kier alpha value is -2.42. The number of thiophene rings is 1. The standard InChI is InChI=1S/C23H24ClNO6S/c1-10(2)30-23(29)19-16(12-4-6-13(24)7-5-12)11(3)32-21(19)25-20(26)17-14-8-9-15(31-14)18(17)22(27)28/h4-7,10,14-15,17-18H,8-9H2,1-3H3,(H,25,26)(H,27,28)/t14-,15+,17+,18+/m1/s1. The molecule has 2 aliphatic heterocycles. The number of carbonyl (C=O) groups is 3. The summed E-state index contributed by atoms with van der Waals surface area (Å²) in [5.41, 5.74) is 1.69. The largest absolute Gasteiger partial charge is 0.481 e. The number of hydrogen-bond acceptors (Lipinski definition) is 6. The molecule has 1 aromatic carbocycles. The number of fused-ring (bicyclic) bond motifs is 2. The van der Waals surface area contributed by atoms with Gasteiger partial charge in [-0.2, -0.15) is 0 Å². The summed E-state index contributed by atoms with van der Waals surface area (Å²) in [4.78, 5) is 38.8. The number of esters is 1. The van der Waals surface area contributed by atoms with Crippen molar-refractivity contribution < 1.29 is 29.0 Å². The summed E-state index contributed by atoms with van der Waals surface area (Å²) in [7, 11) is 0. The predicted molar refractivity (Wildman–Crippen MR) is 121 cm³/mol. The Morgan fingerprint density at radius 3 is 2.38 bits per heavy atom. The van der Waals surface area contributed by atoms with Crippen molar-refractivity contribution in [3.8, 4) is 11.1 Å². The summed E-state index contributed by atoms with van der Waals surface area (Å²) in [6, 6.07) is 7.07. The van der Waals surface area contributed by atoms with E-state index in [1.54, 1.807) is 38.1 Å². The van der Waals surface area contributed by atoms with Crippen LogP contribution in [0.5, 0.6) is 0 Å². The first-order chi connectivity index (χ1) is 15.2. The molecule has 1 amide bonds. The Labute approximate surface area is 194 Å². The van der Waals surface area contributed by atoms with Crippen molar-refractivity contribution in [3.05, 3.63) is 39.7 Å². The van der Waals surface area contributed by atoms with Crippen LogP contribution in [-0.2, 0) is 19.1 Å². The highest BCUT2D eigenvalue weighted by molar-refractivity contribution is 7.17. The molecule has 4 rings (SSSR count). The molecule has 4 atom stereocenters. The van der Waals surface area contributed by atoms with Crippen LogP contribution in [0, 0.1) is 18.8 Å². The lowest BCUT2D eigenvalue weighted by Gasteiger charge is -2.23. The quantitative estimate of drug-likeness (QED) is 0.581. The van der Waals surface area contributed by atoms with Gasteiger partial charge < -0.3 is 19.9 Å². The fourth-order valence-electron chi connectivity index (χ4n) is 4.58. The maximum atomic E-state index is 13.2. The molecule has 1 aromatic heterocycles. The predicted octanol–water partition coefficient (Wildman–Crippen LogP) is 4.76. The average Bonchev–Trinajstić information content (AvgIpc) is 3.41. The highest BCUT2D eigenvalue weighted by Crippen LogP contribution is 2.46. The summed E-state index contributed by atoms with van der Waals surface area (Å²) in [5.74, 6) is -3.74. The molecule has 0 aliphatic carbocycles. The van der Waals surface area contributed by atoms with Gasteiger partial charge >= 0.3 is 11.9 Å². The molecular weight excluding hydrogens is 454 g/mol. The molecule has 7 nitrogen and oxygen atoms in total.